The van der Waals surface area contributed by atoms with E-state index >= 15 is 0 Å². The zero-order valence-electron chi connectivity index (χ0n) is 14.3. The van der Waals surface area contributed by atoms with Crippen molar-refractivity contribution in [3.63, 3.8) is 0 Å². The number of ether oxygens (including phenoxy) is 2. The van der Waals surface area contributed by atoms with Gasteiger partial charge in [0.2, 0.25) is 0 Å². The summed E-state index contributed by atoms with van der Waals surface area (Å²) in [6, 6.07) is 4.20. The number of rotatable bonds is 5. The minimum Gasteiger partial charge on any atom is -0.456 e. The van der Waals surface area contributed by atoms with E-state index in [-0.39, 0.29) is 17.4 Å². The van der Waals surface area contributed by atoms with Gasteiger partial charge in [0.25, 0.3) is 5.69 Å². The lowest BCUT2D eigenvalue weighted by molar-refractivity contribution is -0.384. The fourth-order valence-electron chi connectivity index (χ4n) is 2.49. The van der Waals surface area contributed by atoms with Crippen LogP contribution >= 0.6 is 0 Å². The smallest absolute Gasteiger partial charge is 0.338 e. The Bertz CT molecular complexity index is 603. The van der Waals surface area contributed by atoms with Gasteiger partial charge in [0.1, 0.15) is 11.3 Å². The van der Waals surface area contributed by atoms with E-state index in [2.05, 4.69) is 5.32 Å². The Labute approximate surface area is 141 Å². The molecule has 7 nitrogen and oxygen atoms in total. The largest absolute Gasteiger partial charge is 0.456 e. The first-order valence-electron chi connectivity index (χ1n) is 8.13. The van der Waals surface area contributed by atoms with Gasteiger partial charge in [-0.25, -0.2) is 4.79 Å². The molecule has 1 atom stereocenters. The quantitative estimate of drug-likeness (QED) is 0.502. The molecule has 2 rings (SSSR count). The highest BCUT2D eigenvalue weighted by atomic mass is 16.6. The summed E-state index contributed by atoms with van der Waals surface area (Å²) in [6.45, 7) is 6.51. The number of esters is 1. The first-order valence-corrected chi connectivity index (χ1v) is 8.13. The molecule has 1 aliphatic heterocycles. The van der Waals surface area contributed by atoms with Crippen LogP contribution in [0.1, 0.15) is 50.4 Å². The van der Waals surface area contributed by atoms with E-state index in [4.69, 9.17) is 9.47 Å². The fourth-order valence-corrected chi connectivity index (χ4v) is 2.49. The van der Waals surface area contributed by atoms with Gasteiger partial charge in [0.15, 0.2) is 0 Å². The van der Waals surface area contributed by atoms with Gasteiger partial charge in [0, 0.05) is 19.2 Å². The van der Waals surface area contributed by atoms with E-state index in [1.54, 1.807) is 20.8 Å². The molecule has 24 heavy (non-hydrogen) atoms. The molecule has 0 saturated carbocycles. The number of nitro benzene ring substituents is 1. The lowest BCUT2D eigenvalue weighted by Gasteiger charge is -2.23. The SMILES string of the molecule is CC(C)(C)OC(=O)c1ccc([N+](=O)[O-])c(NCC2CCCCO2)c1. The van der Waals surface area contributed by atoms with Crippen molar-refractivity contribution < 1.29 is 19.2 Å². The molecule has 1 N–H and O–H groups in total. The molecule has 1 fully saturated rings. The molecule has 0 bridgehead atoms. The van der Waals surface area contributed by atoms with Gasteiger partial charge < -0.3 is 14.8 Å². The Kier molecular flexibility index (Phi) is 5.77. The summed E-state index contributed by atoms with van der Waals surface area (Å²) in [5, 5.41) is 14.2. The molecular weight excluding hydrogens is 312 g/mol. The molecule has 0 amide bonds. The van der Waals surface area contributed by atoms with Gasteiger partial charge in [-0.05, 0) is 52.2 Å². The van der Waals surface area contributed by atoms with Crippen molar-refractivity contribution in [2.45, 2.75) is 51.7 Å². The topological polar surface area (TPSA) is 90.7 Å². The van der Waals surface area contributed by atoms with Crippen molar-refractivity contribution in [1.29, 1.82) is 0 Å². The third-order valence-electron chi connectivity index (χ3n) is 3.62. The van der Waals surface area contributed by atoms with E-state index in [9.17, 15) is 14.9 Å². The van der Waals surface area contributed by atoms with Crippen LogP contribution in [-0.4, -0.2) is 35.7 Å². The Hall–Kier alpha value is -2.15. The summed E-state index contributed by atoms with van der Waals surface area (Å²) in [6.07, 6.45) is 3.09. The first-order chi connectivity index (χ1) is 11.3. The van der Waals surface area contributed by atoms with Crippen molar-refractivity contribution in [3.8, 4) is 0 Å². The van der Waals surface area contributed by atoms with Crippen LogP contribution < -0.4 is 5.32 Å². The average Bonchev–Trinajstić information content (AvgIpc) is 2.52. The molecule has 1 aromatic carbocycles. The van der Waals surface area contributed by atoms with Crippen LogP contribution in [-0.2, 0) is 9.47 Å². The number of nitrogens with zero attached hydrogens (tertiary/aromatic N) is 1. The minimum atomic E-state index is -0.623. The number of hydrogen-bond acceptors (Lipinski definition) is 6. The highest BCUT2D eigenvalue weighted by molar-refractivity contribution is 5.91. The molecule has 1 aromatic rings. The van der Waals surface area contributed by atoms with Crippen LogP contribution in [0, 0.1) is 10.1 Å². The second kappa shape index (κ2) is 7.61. The number of nitro groups is 1. The fraction of sp³-hybridized carbons (Fsp3) is 0.588. The molecule has 0 aromatic heterocycles. The Balaban J connectivity index is 2.14. The molecular formula is C17H24N2O5. The van der Waals surface area contributed by atoms with Crippen LogP contribution in [0.2, 0.25) is 0 Å². The monoisotopic (exact) mass is 336 g/mol. The second-order valence-electron chi connectivity index (χ2n) is 6.86. The van der Waals surface area contributed by atoms with Crippen LogP contribution in [0.25, 0.3) is 0 Å². The van der Waals surface area contributed by atoms with Crippen LogP contribution in [0.15, 0.2) is 18.2 Å². The number of carbonyl (C=O) groups is 1. The molecule has 7 heteroatoms. The van der Waals surface area contributed by atoms with Gasteiger partial charge in [-0.3, -0.25) is 10.1 Å². The maximum absolute atomic E-state index is 12.2. The number of nitrogens with one attached hydrogen (secondary N) is 1. The summed E-state index contributed by atoms with van der Waals surface area (Å²) < 4.78 is 10.9. The summed E-state index contributed by atoms with van der Waals surface area (Å²) in [7, 11) is 0. The summed E-state index contributed by atoms with van der Waals surface area (Å²) >= 11 is 0. The molecule has 1 heterocycles. The Morgan fingerprint density at radius 2 is 2.17 bits per heavy atom. The minimum absolute atomic E-state index is 0.0311. The number of carbonyl (C=O) groups excluding carboxylic acids is 1. The Morgan fingerprint density at radius 1 is 1.42 bits per heavy atom. The molecule has 0 spiro atoms. The average molecular weight is 336 g/mol. The van der Waals surface area contributed by atoms with Gasteiger partial charge >= 0.3 is 5.97 Å². The van der Waals surface area contributed by atoms with E-state index < -0.39 is 16.5 Å². The van der Waals surface area contributed by atoms with Gasteiger partial charge in [0.05, 0.1) is 16.6 Å². The van der Waals surface area contributed by atoms with Gasteiger partial charge in [-0.1, -0.05) is 0 Å². The highest BCUT2D eigenvalue weighted by Crippen LogP contribution is 2.27. The van der Waals surface area contributed by atoms with E-state index in [1.165, 1.54) is 18.2 Å². The first kappa shape index (κ1) is 18.2. The molecule has 0 radical (unpaired) electrons. The van der Waals surface area contributed by atoms with Gasteiger partial charge in [-0.15, -0.1) is 0 Å². The molecule has 1 aliphatic rings. The summed E-state index contributed by atoms with van der Waals surface area (Å²) in [4.78, 5) is 22.9. The van der Waals surface area contributed by atoms with Crippen LogP contribution in [0.4, 0.5) is 11.4 Å². The van der Waals surface area contributed by atoms with Crippen molar-refractivity contribution in [1.82, 2.24) is 0 Å². The molecule has 0 aliphatic carbocycles. The predicted octanol–water partition coefficient (Wildman–Crippen LogP) is 3.53. The summed E-state index contributed by atoms with van der Waals surface area (Å²) in [5.41, 5.74) is -0.110. The Morgan fingerprint density at radius 3 is 2.75 bits per heavy atom. The standard InChI is InChI=1S/C17H24N2O5/c1-17(2,3)24-16(20)12-7-8-15(19(21)22)14(10-12)18-11-13-6-4-5-9-23-13/h7-8,10,13,18H,4-6,9,11H2,1-3H3. The maximum atomic E-state index is 12.2. The van der Waals surface area contributed by atoms with Crippen molar-refractivity contribution in [3.05, 3.63) is 33.9 Å². The molecule has 132 valence electrons. The van der Waals surface area contributed by atoms with Crippen molar-refractivity contribution >= 4 is 17.3 Å². The molecule has 1 saturated heterocycles. The predicted molar refractivity (Wildman–Crippen MR) is 90.3 cm³/mol. The lowest BCUT2D eigenvalue weighted by Crippen LogP contribution is -2.27. The third-order valence-corrected chi connectivity index (χ3v) is 3.62. The van der Waals surface area contributed by atoms with Crippen LogP contribution in [0.5, 0.6) is 0 Å². The highest BCUT2D eigenvalue weighted by Gasteiger charge is 2.22. The number of anilines is 1. The number of hydrogen-bond donors (Lipinski definition) is 1. The van der Waals surface area contributed by atoms with E-state index in [0.29, 0.717) is 18.8 Å². The van der Waals surface area contributed by atoms with E-state index in [0.717, 1.165) is 19.3 Å². The molecule has 1 unspecified atom stereocenters. The second-order valence-corrected chi connectivity index (χ2v) is 6.86. The summed E-state index contributed by atoms with van der Waals surface area (Å²) in [5.74, 6) is -0.505. The van der Waals surface area contributed by atoms with Gasteiger partial charge in [-0.2, -0.15) is 0 Å². The normalized spacial score (nSPS) is 18.0. The van der Waals surface area contributed by atoms with Crippen LogP contribution in [0.3, 0.4) is 0 Å². The van der Waals surface area contributed by atoms with Crippen molar-refractivity contribution in [2.75, 3.05) is 18.5 Å². The number of benzene rings is 1. The lowest BCUT2D eigenvalue weighted by atomic mass is 10.1. The maximum Gasteiger partial charge on any atom is 0.338 e. The van der Waals surface area contributed by atoms with Crippen molar-refractivity contribution in [2.24, 2.45) is 0 Å². The zero-order valence-corrected chi connectivity index (χ0v) is 14.3. The van der Waals surface area contributed by atoms with E-state index in [1.807, 2.05) is 0 Å². The zero-order chi connectivity index (χ0) is 17.7. The third kappa shape index (κ3) is 5.19.